The highest BCUT2D eigenvalue weighted by Crippen LogP contribution is 2.29. The van der Waals surface area contributed by atoms with Crippen molar-refractivity contribution in [1.29, 1.82) is 0 Å². The van der Waals surface area contributed by atoms with Crippen LogP contribution in [0.2, 0.25) is 0 Å². The molecule has 118 valence electrons. The summed E-state index contributed by atoms with van der Waals surface area (Å²) in [5.74, 6) is 0. The van der Waals surface area contributed by atoms with Crippen LogP contribution in [0.4, 0.5) is 0 Å². The van der Waals surface area contributed by atoms with Gasteiger partial charge in [-0.2, -0.15) is 11.8 Å². The number of nitrogens with one attached hydrogen (secondary N) is 1. The lowest BCUT2D eigenvalue weighted by molar-refractivity contribution is 0.555. The molecule has 0 aliphatic heterocycles. The van der Waals surface area contributed by atoms with Crippen LogP contribution >= 0.6 is 11.8 Å². The van der Waals surface area contributed by atoms with Crippen molar-refractivity contribution < 1.29 is 8.42 Å². The lowest BCUT2D eigenvalue weighted by Crippen LogP contribution is -2.38. The van der Waals surface area contributed by atoms with E-state index < -0.39 is 10.0 Å². The summed E-state index contributed by atoms with van der Waals surface area (Å²) in [6.07, 6.45) is 6.97. The Morgan fingerprint density at radius 1 is 1.29 bits per heavy atom. The zero-order chi connectivity index (χ0) is 15.3. The fraction of sp³-hybridized carbons (Fsp3) is 0.600. The summed E-state index contributed by atoms with van der Waals surface area (Å²) >= 11 is 1.75. The van der Waals surface area contributed by atoms with Crippen LogP contribution in [0, 0.1) is 0 Å². The van der Waals surface area contributed by atoms with Gasteiger partial charge in [-0.05, 0) is 56.2 Å². The van der Waals surface area contributed by atoms with Gasteiger partial charge < -0.3 is 5.73 Å². The van der Waals surface area contributed by atoms with E-state index in [1.165, 1.54) is 0 Å². The quantitative estimate of drug-likeness (QED) is 0.804. The first-order chi connectivity index (χ1) is 10.1. The van der Waals surface area contributed by atoms with Crippen LogP contribution < -0.4 is 10.5 Å². The number of rotatable bonds is 7. The highest BCUT2D eigenvalue weighted by molar-refractivity contribution is 7.99. The Morgan fingerprint density at radius 3 is 2.62 bits per heavy atom. The van der Waals surface area contributed by atoms with Crippen molar-refractivity contribution in [3.05, 3.63) is 29.8 Å². The average Bonchev–Trinajstić information content (AvgIpc) is 2.92. The molecule has 0 saturated heterocycles. The van der Waals surface area contributed by atoms with E-state index in [4.69, 9.17) is 5.73 Å². The van der Waals surface area contributed by atoms with Crippen LogP contribution in [0.5, 0.6) is 0 Å². The number of benzene rings is 1. The molecule has 4 nitrogen and oxygen atoms in total. The van der Waals surface area contributed by atoms with Crippen molar-refractivity contribution in [3.63, 3.8) is 0 Å². The highest BCUT2D eigenvalue weighted by Gasteiger charge is 2.30. The molecule has 1 aliphatic rings. The first-order valence-corrected chi connectivity index (χ1v) is 10.2. The SMILES string of the molecule is CSC1CCCC1NS(=O)(=O)c1ccc(CCCN)cc1. The standard InChI is InChI=1S/C15H24N2O2S2/c1-20-15-6-2-5-14(15)17-21(18,19)13-9-7-12(8-10-13)4-3-11-16/h7-10,14-15,17H,2-6,11,16H2,1H3. The van der Waals surface area contributed by atoms with Crippen molar-refractivity contribution >= 4 is 21.8 Å². The zero-order valence-corrected chi connectivity index (χ0v) is 14.1. The van der Waals surface area contributed by atoms with Crippen LogP contribution in [0.1, 0.15) is 31.2 Å². The molecule has 0 radical (unpaired) electrons. The Labute approximate surface area is 131 Å². The number of hydrogen-bond donors (Lipinski definition) is 2. The third kappa shape index (κ3) is 4.45. The number of aryl methyl sites for hydroxylation is 1. The molecule has 1 aliphatic carbocycles. The van der Waals surface area contributed by atoms with Crippen LogP contribution in [0.25, 0.3) is 0 Å². The second-order valence-electron chi connectivity index (χ2n) is 5.47. The summed E-state index contributed by atoms with van der Waals surface area (Å²) in [5.41, 5.74) is 6.61. The Morgan fingerprint density at radius 2 is 2.00 bits per heavy atom. The Balaban J connectivity index is 2.05. The monoisotopic (exact) mass is 328 g/mol. The molecule has 1 fully saturated rings. The summed E-state index contributed by atoms with van der Waals surface area (Å²) < 4.78 is 27.7. The fourth-order valence-electron chi connectivity index (χ4n) is 2.75. The lowest BCUT2D eigenvalue weighted by atomic mass is 10.1. The summed E-state index contributed by atoms with van der Waals surface area (Å²) in [4.78, 5) is 0.353. The van der Waals surface area contributed by atoms with Gasteiger partial charge in [-0.25, -0.2) is 13.1 Å². The highest BCUT2D eigenvalue weighted by atomic mass is 32.2. The number of hydrogen-bond acceptors (Lipinski definition) is 4. The van der Waals surface area contributed by atoms with E-state index in [1.54, 1.807) is 23.9 Å². The first-order valence-electron chi connectivity index (χ1n) is 7.41. The smallest absolute Gasteiger partial charge is 0.240 e. The molecule has 2 rings (SSSR count). The van der Waals surface area contributed by atoms with Gasteiger partial charge in [0.1, 0.15) is 0 Å². The molecular formula is C15H24N2O2S2. The van der Waals surface area contributed by atoms with Gasteiger partial charge in [-0.3, -0.25) is 0 Å². The molecule has 2 unspecified atom stereocenters. The lowest BCUT2D eigenvalue weighted by Gasteiger charge is -2.19. The molecule has 0 spiro atoms. The second-order valence-corrected chi connectivity index (χ2v) is 8.26. The Hall–Kier alpha value is -0.560. The van der Waals surface area contributed by atoms with Crippen molar-refractivity contribution in [2.75, 3.05) is 12.8 Å². The molecule has 1 saturated carbocycles. The van der Waals surface area contributed by atoms with E-state index in [0.717, 1.165) is 37.7 Å². The summed E-state index contributed by atoms with van der Waals surface area (Å²) in [5, 5.41) is 0.392. The molecule has 0 heterocycles. The Kier molecular flexibility index (Phi) is 6.10. The fourth-order valence-corrected chi connectivity index (χ4v) is 5.08. The molecular weight excluding hydrogens is 304 g/mol. The van der Waals surface area contributed by atoms with Gasteiger partial charge in [-0.15, -0.1) is 0 Å². The molecule has 1 aromatic carbocycles. The van der Waals surface area contributed by atoms with Gasteiger partial charge in [0.05, 0.1) is 4.90 Å². The van der Waals surface area contributed by atoms with E-state index in [-0.39, 0.29) is 6.04 Å². The average molecular weight is 329 g/mol. The van der Waals surface area contributed by atoms with Crippen LogP contribution in [-0.4, -0.2) is 32.5 Å². The van der Waals surface area contributed by atoms with Gasteiger partial charge in [0, 0.05) is 11.3 Å². The van der Waals surface area contributed by atoms with E-state index in [1.807, 2.05) is 18.4 Å². The van der Waals surface area contributed by atoms with Gasteiger partial charge in [0.25, 0.3) is 0 Å². The van der Waals surface area contributed by atoms with Crippen LogP contribution in [0.3, 0.4) is 0 Å². The van der Waals surface area contributed by atoms with Crippen LogP contribution in [-0.2, 0) is 16.4 Å². The van der Waals surface area contributed by atoms with Gasteiger partial charge in [0.2, 0.25) is 10.0 Å². The van der Waals surface area contributed by atoms with Crippen molar-refractivity contribution in [1.82, 2.24) is 4.72 Å². The molecule has 21 heavy (non-hydrogen) atoms. The molecule has 1 aromatic rings. The van der Waals surface area contributed by atoms with Gasteiger partial charge in [0.15, 0.2) is 0 Å². The van der Waals surface area contributed by atoms with E-state index >= 15 is 0 Å². The van der Waals surface area contributed by atoms with E-state index in [0.29, 0.717) is 16.7 Å². The minimum absolute atomic E-state index is 0.0573. The van der Waals surface area contributed by atoms with E-state index in [9.17, 15) is 8.42 Å². The first kappa shape index (κ1) is 16.8. The molecule has 6 heteroatoms. The van der Waals surface area contributed by atoms with Gasteiger partial charge in [-0.1, -0.05) is 18.6 Å². The Bertz CT molecular complexity index is 543. The number of thioether (sulfide) groups is 1. The largest absolute Gasteiger partial charge is 0.330 e. The summed E-state index contributed by atoms with van der Waals surface area (Å²) in [6.45, 7) is 0.652. The predicted molar refractivity (Wildman–Crippen MR) is 89.1 cm³/mol. The molecule has 2 atom stereocenters. The third-order valence-electron chi connectivity index (χ3n) is 3.97. The summed E-state index contributed by atoms with van der Waals surface area (Å²) in [6, 6.07) is 7.20. The maximum atomic E-state index is 12.4. The molecule has 0 amide bonds. The maximum absolute atomic E-state index is 12.4. The molecule has 3 N–H and O–H groups in total. The van der Waals surface area contributed by atoms with Crippen molar-refractivity contribution in [2.45, 2.75) is 48.3 Å². The number of nitrogens with two attached hydrogens (primary N) is 1. The van der Waals surface area contributed by atoms with E-state index in [2.05, 4.69) is 4.72 Å². The van der Waals surface area contributed by atoms with Crippen molar-refractivity contribution in [2.24, 2.45) is 5.73 Å². The predicted octanol–water partition coefficient (Wildman–Crippen LogP) is 2.14. The number of sulfonamides is 1. The zero-order valence-electron chi connectivity index (χ0n) is 12.4. The van der Waals surface area contributed by atoms with Gasteiger partial charge >= 0.3 is 0 Å². The van der Waals surface area contributed by atoms with Crippen LogP contribution in [0.15, 0.2) is 29.2 Å². The normalized spacial score (nSPS) is 22.6. The molecule has 0 aromatic heterocycles. The third-order valence-corrected chi connectivity index (χ3v) is 6.64. The van der Waals surface area contributed by atoms with Crippen molar-refractivity contribution in [3.8, 4) is 0 Å². The summed E-state index contributed by atoms with van der Waals surface area (Å²) in [7, 11) is -3.41. The minimum Gasteiger partial charge on any atom is -0.330 e. The topological polar surface area (TPSA) is 72.2 Å². The second kappa shape index (κ2) is 7.63. The minimum atomic E-state index is -3.41. The molecule has 0 bridgehead atoms. The maximum Gasteiger partial charge on any atom is 0.240 e.